The van der Waals surface area contributed by atoms with Gasteiger partial charge in [0, 0.05) is 25.2 Å². The smallest absolute Gasteiger partial charge is 0.156 e. The van der Waals surface area contributed by atoms with Gasteiger partial charge in [0.1, 0.15) is 0 Å². The summed E-state index contributed by atoms with van der Waals surface area (Å²) in [6.07, 6.45) is 20.1. The van der Waals surface area contributed by atoms with Crippen LogP contribution in [0.25, 0.3) is 0 Å². The van der Waals surface area contributed by atoms with E-state index in [2.05, 4.69) is 107 Å². The van der Waals surface area contributed by atoms with Crippen LogP contribution in [0.15, 0.2) is 84.5 Å². The van der Waals surface area contributed by atoms with Crippen LogP contribution in [0.3, 0.4) is 0 Å². The Bertz CT molecular complexity index is 988. The summed E-state index contributed by atoms with van der Waals surface area (Å²) in [6.45, 7) is 26.8. The summed E-state index contributed by atoms with van der Waals surface area (Å²) in [5, 5.41) is 0. The predicted octanol–water partition coefficient (Wildman–Crippen LogP) is 11.3. The molecule has 2 aromatic rings. The molecule has 0 aromatic heterocycles. The maximum Gasteiger partial charge on any atom is 0.156 e. The first kappa shape index (κ1) is 42.2. The van der Waals surface area contributed by atoms with Gasteiger partial charge in [-0.05, 0) is 89.6 Å². The van der Waals surface area contributed by atoms with E-state index in [0.29, 0.717) is 6.42 Å². The SMILES string of the molecule is C#C.C/C=C1/C=CC(=O)CC1.C=C(C)C.CC.CCCCN(CCC)c1ccc(C)cc1.CCc1ccccc1C. The molecule has 0 saturated heterocycles. The molecule has 2 nitrogen and oxygen atoms in total. The van der Waals surface area contributed by atoms with E-state index < -0.39 is 0 Å². The fraction of sp³-hybridized carbons (Fsp3) is 0.462. The maximum absolute atomic E-state index is 10.6. The monoisotopic (exact) mass is 559 g/mol. The average molecular weight is 560 g/mol. The van der Waals surface area contributed by atoms with Crippen molar-refractivity contribution in [2.24, 2.45) is 0 Å². The molecule has 0 radical (unpaired) electrons. The van der Waals surface area contributed by atoms with Gasteiger partial charge in [0.2, 0.25) is 0 Å². The van der Waals surface area contributed by atoms with Crippen molar-refractivity contribution >= 4 is 11.5 Å². The highest BCUT2D eigenvalue weighted by atomic mass is 16.1. The van der Waals surface area contributed by atoms with Gasteiger partial charge in [-0.1, -0.05) is 106 Å². The standard InChI is InChI=1S/C14H23N.C9H12.C8H10O.C4H8.C2H6.C2H2/c1-4-6-12-15(11-5-2)14-9-7-13(3)8-10-14;1-3-9-7-5-4-6-8(9)2;1-2-7-3-5-8(9)6-4-7;1-4(2)3;2*1-2/h7-10H,4-6,11-12H2,1-3H3;4-7H,3H2,1-2H3;2-3,5H,4,6H2,1H3;1H2,2-3H3;1-2H3;1-2H/b;;7-2-;;;. The highest BCUT2D eigenvalue weighted by molar-refractivity contribution is 5.91. The van der Waals surface area contributed by atoms with Crippen molar-refractivity contribution in [2.75, 3.05) is 18.0 Å². The zero-order chi connectivity index (χ0) is 32.1. The number of hydrogen-bond donors (Lipinski definition) is 0. The molecular weight excluding hydrogens is 498 g/mol. The van der Waals surface area contributed by atoms with Crippen LogP contribution < -0.4 is 4.90 Å². The van der Waals surface area contributed by atoms with E-state index in [1.807, 2.05) is 46.8 Å². The summed E-state index contributed by atoms with van der Waals surface area (Å²) in [5.41, 5.74) is 8.01. The number of ketones is 1. The minimum absolute atomic E-state index is 0.251. The van der Waals surface area contributed by atoms with Gasteiger partial charge >= 0.3 is 0 Å². The second kappa shape index (κ2) is 29.7. The third-order valence-corrected chi connectivity index (χ3v) is 5.83. The summed E-state index contributed by atoms with van der Waals surface area (Å²) >= 11 is 0. The lowest BCUT2D eigenvalue weighted by Crippen LogP contribution is -2.25. The number of terminal acetylenes is 1. The topological polar surface area (TPSA) is 20.3 Å². The first-order valence-corrected chi connectivity index (χ1v) is 15.4. The highest BCUT2D eigenvalue weighted by Crippen LogP contribution is 2.16. The number of anilines is 1. The summed E-state index contributed by atoms with van der Waals surface area (Å²) in [7, 11) is 0. The van der Waals surface area contributed by atoms with E-state index in [1.165, 1.54) is 65.9 Å². The molecule has 0 amide bonds. The molecular formula is C39H61NO. The minimum atomic E-state index is 0.251. The number of carbonyl (C=O) groups excluding carboxylic acids is 1. The van der Waals surface area contributed by atoms with Crippen LogP contribution in [0.2, 0.25) is 0 Å². The molecule has 0 unspecified atom stereocenters. The van der Waals surface area contributed by atoms with E-state index in [0.717, 1.165) is 12.8 Å². The summed E-state index contributed by atoms with van der Waals surface area (Å²) in [5.74, 6) is 0.251. The molecule has 0 atom stereocenters. The van der Waals surface area contributed by atoms with Crippen LogP contribution >= 0.6 is 0 Å². The molecule has 0 aliphatic heterocycles. The Morgan fingerprint density at radius 2 is 1.44 bits per heavy atom. The third kappa shape index (κ3) is 24.2. The maximum atomic E-state index is 10.6. The zero-order valence-electron chi connectivity index (χ0n) is 28.2. The van der Waals surface area contributed by atoms with Crippen LogP contribution in [0.1, 0.15) is 104 Å². The summed E-state index contributed by atoms with van der Waals surface area (Å²) in [4.78, 5) is 13.1. The van der Waals surface area contributed by atoms with Gasteiger partial charge in [0.05, 0.1) is 0 Å². The largest absolute Gasteiger partial charge is 0.372 e. The van der Waals surface area contributed by atoms with E-state index in [9.17, 15) is 4.79 Å². The molecule has 0 fully saturated rings. The molecule has 228 valence electrons. The zero-order valence-corrected chi connectivity index (χ0v) is 28.2. The van der Waals surface area contributed by atoms with Gasteiger partial charge in [0.25, 0.3) is 0 Å². The average Bonchev–Trinajstić information content (AvgIpc) is 2.99. The Morgan fingerprint density at radius 3 is 1.83 bits per heavy atom. The van der Waals surface area contributed by atoms with Crippen molar-refractivity contribution in [3.05, 3.63) is 101 Å². The number of rotatable bonds is 7. The highest BCUT2D eigenvalue weighted by Gasteiger charge is 2.04. The molecule has 3 rings (SSSR count). The fourth-order valence-corrected chi connectivity index (χ4v) is 3.63. The first-order chi connectivity index (χ1) is 19.7. The van der Waals surface area contributed by atoms with Crippen LogP contribution in [-0.4, -0.2) is 18.9 Å². The Hall–Kier alpha value is -3.31. The molecule has 41 heavy (non-hydrogen) atoms. The van der Waals surface area contributed by atoms with Crippen molar-refractivity contribution in [3.8, 4) is 12.8 Å². The number of nitrogens with zero attached hydrogens (tertiary/aromatic N) is 1. The summed E-state index contributed by atoms with van der Waals surface area (Å²) in [6, 6.07) is 17.4. The number of hydrogen-bond acceptors (Lipinski definition) is 2. The molecule has 1 aliphatic rings. The second-order valence-electron chi connectivity index (χ2n) is 9.83. The number of unbranched alkanes of at least 4 members (excludes halogenated alkanes) is 1. The lowest BCUT2D eigenvalue weighted by Gasteiger charge is -2.24. The molecule has 0 bridgehead atoms. The number of allylic oxidation sites excluding steroid dienone is 5. The van der Waals surface area contributed by atoms with Crippen LogP contribution in [-0.2, 0) is 11.2 Å². The van der Waals surface area contributed by atoms with Gasteiger partial charge in [0.15, 0.2) is 5.78 Å². The normalized spacial score (nSPS) is 11.8. The number of carbonyl (C=O) groups is 1. The van der Waals surface area contributed by atoms with Gasteiger partial charge in [-0.15, -0.1) is 19.4 Å². The molecule has 0 spiro atoms. The lowest BCUT2D eigenvalue weighted by atomic mass is 10.0. The van der Waals surface area contributed by atoms with Gasteiger partial charge in [-0.3, -0.25) is 4.79 Å². The van der Waals surface area contributed by atoms with Crippen molar-refractivity contribution in [1.82, 2.24) is 0 Å². The Kier molecular flexibility index (Phi) is 30.5. The van der Waals surface area contributed by atoms with Crippen molar-refractivity contribution in [3.63, 3.8) is 0 Å². The molecule has 2 aromatic carbocycles. The van der Waals surface area contributed by atoms with Crippen molar-refractivity contribution < 1.29 is 4.79 Å². The minimum Gasteiger partial charge on any atom is -0.372 e. The molecule has 0 heterocycles. The Balaban J connectivity index is -0.000000483. The van der Waals surface area contributed by atoms with Gasteiger partial charge in [-0.2, -0.15) is 0 Å². The quantitative estimate of drug-likeness (QED) is 0.248. The first-order valence-electron chi connectivity index (χ1n) is 15.4. The van der Waals surface area contributed by atoms with Crippen LogP contribution in [0, 0.1) is 26.7 Å². The molecule has 2 heteroatoms. The van der Waals surface area contributed by atoms with E-state index in [4.69, 9.17) is 0 Å². The Morgan fingerprint density at radius 1 is 0.878 bits per heavy atom. The van der Waals surface area contributed by atoms with Gasteiger partial charge in [-0.25, -0.2) is 0 Å². The third-order valence-electron chi connectivity index (χ3n) is 5.83. The molecule has 1 aliphatic carbocycles. The van der Waals surface area contributed by atoms with E-state index in [-0.39, 0.29) is 5.78 Å². The number of aryl methyl sites for hydroxylation is 3. The second-order valence-corrected chi connectivity index (χ2v) is 9.83. The van der Waals surface area contributed by atoms with Crippen molar-refractivity contribution in [1.29, 1.82) is 0 Å². The predicted molar refractivity (Wildman–Crippen MR) is 188 cm³/mol. The number of benzene rings is 2. The van der Waals surface area contributed by atoms with E-state index >= 15 is 0 Å². The molecule has 0 saturated carbocycles. The summed E-state index contributed by atoms with van der Waals surface area (Å²) < 4.78 is 0. The van der Waals surface area contributed by atoms with Crippen molar-refractivity contribution in [2.45, 2.75) is 108 Å². The fourth-order valence-electron chi connectivity index (χ4n) is 3.63. The van der Waals surface area contributed by atoms with Crippen LogP contribution in [0.5, 0.6) is 0 Å². The van der Waals surface area contributed by atoms with E-state index in [1.54, 1.807) is 6.08 Å². The molecule has 0 N–H and O–H groups in total. The van der Waals surface area contributed by atoms with Crippen LogP contribution in [0.4, 0.5) is 5.69 Å². The lowest BCUT2D eigenvalue weighted by molar-refractivity contribution is -0.114. The van der Waals surface area contributed by atoms with Gasteiger partial charge < -0.3 is 4.90 Å². The Labute approximate surface area is 255 Å².